The van der Waals surface area contributed by atoms with Crippen molar-refractivity contribution in [3.8, 4) is 0 Å². The second-order valence-corrected chi connectivity index (χ2v) is 27.5. The van der Waals surface area contributed by atoms with Crippen LogP contribution in [0, 0.1) is 0 Å². The van der Waals surface area contributed by atoms with E-state index in [9.17, 15) is 9.59 Å². The lowest BCUT2D eigenvalue weighted by Gasteiger charge is -2.19. The first-order valence-corrected chi connectivity index (χ1v) is 39.5. The third-order valence-electron chi connectivity index (χ3n) is 19.1. The van der Waals surface area contributed by atoms with Gasteiger partial charge < -0.3 is 0 Å². The van der Waals surface area contributed by atoms with Crippen molar-refractivity contribution in [1.82, 2.24) is 4.90 Å². The zero-order valence-electron chi connectivity index (χ0n) is 58.6. The average molecular weight is 1190 g/mol. The molecular formula is C80H153N2O3+2. The minimum Gasteiger partial charge on any atom is -0.281 e. The summed E-state index contributed by atoms with van der Waals surface area (Å²) in [5.74, 6) is -0.302. The summed E-state index contributed by atoms with van der Waals surface area (Å²) in [5.41, 5.74) is 0.984. The Labute approximate surface area is 533 Å². The monoisotopic (exact) mass is 1190 g/mol. The molecule has 1 radical (unpaired) electrons. The highest BCUT2D eigenvalue weighted by molar-refractivity contribution is 6.05. The second-order valence-electron chi connectivity index (χ2n) is 27.5. The lowest BCUT2D eigenvalue weighted by molar-refractivity contribution is -1.07. The fraction of sp³-hybridized carbons (Fsp3) is 0.900. The SMILES string of the molecule is CCCCCCCCCCCCCCCCCCN(CCCCCCCCCCCCCCCCCC)C(=[O+])c1ccccc1C(=O)O[NH+](CCCCCCCCCCCCCCCCCC)CCCCCCCCCCCCCCCCCC. The number of hydrogen-bond acceptors (Lipinski definition) is 3. The number of nitrogens with one attached hydrogen (secondary N) is 1. The summed E-state index contributed by atoms with van der Waals surface area (Å²) in [6.45, 7) is 12.5. The molecule has 0 spiro atoms. The molecule has 0 aliphatic rings. The number of unbranched alkanes of at least 4 members (excludes halogenated alkanes) is 60. The lowest BCUT2D eigenvalue weighted by atomic mass is 10.0. The van der Waals surface area contributed by atoms with Gasteiger partial charge in [-0.15, -0.1) is 5.06 Å². The standard InChI is InChI=1S/C80H152N2O3/c1-5-9-13-17-21-25-29-33-37-41-45-49-53-57-61-67-73-81(74-68-62-58-54-50-46-42-38-34-30-26-22-18-14-10-6-2)79(83)77-71-65-66-72-78(77)80(84)85-82(75-69-63-59-55-51-47-43-39-35-31-27-23-19-15-11-7-3)76-70-64-60-56-52-48-44-40-36-32-28-24-20-16-12-8-4/h65-66,71-72H,5-64,67-70,73-76H2,1-4H3/q+1/p+1. The van der Waals surface area contributed by atoms with Crippen molar-refractivity contribution in [3.05, 3.63) is 35.4 Å². The van der Waals surface area contributed by atoms with Crippen molar-refractivity contribution < 1.29 is 19.5 Å². The second kappa shape index (κ2) is 68.0. The average Bonchev–Trinajstić information content (AvgIpc) is 3.52. The molecule has 1 N–H and O–H groups in total. The number of quaternary nitrogens is 1. The van der Waals surface area contributed by atoms with Crippen LogP contribution in [0.4, 0.5) is 0 Å². The molecule has 0 bridgehead atoms. The molecule has 0 atom stereocenters. The first kappa shape index (κ1) is 81.1. The van der Waals surface area contributed by atoms with Crippen molar-refractivity contribution in [1.29, 1.82) is 0 Å². The first-order chi connectivity index (χ1) is 42.1. The summed E-state index contributed by atoms with van der Waals surface area (Å²) in [6.07, 6.45) is 86.5. The third kappa shape index (κ3) is 55.9. The van der Waals surface area contributed by atoms with Crippen LogP contribution in [0.25, 0.3) is 0 Å². The molecule has 1 aromatic rings. The van der Waals surface area contributed by atoms with Crippen LogP contribution < -0.4 is 5.06 Å². The van der Waals surface area contributed by atoms with E-state index in [0.29, 0.717) is 11.1 Å². The molecule has 5 nitrogen and oxygen atoms in total. The van der Waals surface area contributed by atoms with Gasteiger partial charge >= 0.3 is 11.9 Å². The van der Waals surface area contributed by atoms with Crippen molar-refractivity contribution in [2.24, 2.45) is 0 Å². The molecule has 5 heteroatoms. The Hall–Kier alpha value is -1.88. The van der Waals surface area contributed by atoms with Gasteiger partial charge in [-0.2, -0.15) is 0 Å². The molecule has 0 saturated heterocycles. The highest BCUT2D eigenvalue weighted by Crippen LogP contribution is 2.21. The Morgan fingerprint density at radius 3 is 0.706 bits per heavy atom. The summed E-state index contributed by atoms with van der Waals surface area (Å²) in [7, 11) is 0. The predicted molar refractivity (Wildman–Crippen MR) is 377 cm³/mol. The zero-order valence-corrected chi connectivity index (χ0v) is 58.6. The lowest BCUT2D eigenvalue weighted by Crippen LogP contribution is -3.11. The van der Waals surface area contributed by atoms with Crippen LogP contribution >= 0.6 is 0 Å². The third-order valence-corrected chi connectivity index (χ3v) is 19.1. The van der Waals surface area contributed by atoms with Crippen molar-refractivity contribution in [3.63, 3.8) is 0 Å². The number of rotatable bonds is 71. The van der Waals surface area contributed by atoms with E-state index in [2.05, 4.69) is 32.6 Å². The van der Waals surface area contributed by atoms with E-state index < -0.39 is 0 Å². The molecule has 0 aliphatic heterocycles. The molecule has 1 aromatic carbocycles. The summed E-state index contributed by atoms with van der Waals surface area (Å²) in [6, 6.07) is 7.63. The molecule has 0 fully saturated rings. The van der Waals surface area contributed by atoms with E-state index in [1.165, 1.54) is 385 Å². The van der Waals surface area contributed by atoms with Crippen molar-refractivity contribution >= 4 is 11.9 Å². The van der Waals surface area contributed by atoms with E-state index in [1.54, 1.807) is 0 Å². The van der Waals surface area contributed by atoms with Crippen LogP contribution in [0.2, 0.25) is 0 Å². The molecule has 0 saturated carbocycles. The highest BCUT2D eigenvalue weighted by atomic mass is 16.7. The Bertz CT molecular complexity index is 1410. The topological polar surface area (TPSA) is 53.9 Å². The van der Waals surface area contributed by atoms with Gasteiger partial charge in [-0.3, -0.25) is 9.74 Å². The van der Waals surface area contributed by atoms with E-state index in [0.717, 1.165) is 56.9 Å². The summed E-state index contributed by atoms with van der Waals surface area (Å²) >= 11 is 0. The number of carbonyl (C=O) groups is 2. The number of hydroxylamine groups is 2. The van der Waals surface area contributed by atoms with Gasteiger partial charge in [0.15, 0.2) is 0 Å². The zero-order chi connectivity index (χ0) is 61.1. The fourth-order valence-corrected chi connectivity index (χ4v) is 13.2. The van der Waals surface area contributed by atoms with E-state index in [-0.39, 0.29) is 11.9 Å². The Kier molecular flexibility index (Phi) is 64.9. The molecule has 1 rings (SSSR count). The van der Waals surface area contributed by atoms with Crippen LogP contribution in [-0.4, -0.2) is 43.0 Å². The van der Waals surface area contributed by atoms with Gasteiger partial charge in [-0.1, -0.05) is 412 Å². The van der Waals surface area contributed by atoms with Crippen LogP contribution in [-0.2, 0) is 4.84 Å². The number of amides is 1. The Morgan fingerprint density at radius 1 is 0.294 bits per heavy atom. The smallest absolute Gasteiger partial charge is 0.281 e. The number of benzene rings is 1. The van der Waals surface area contributed by atoms with Crippen molar-refractivity contribution in [2.45, 2.75) is 439 Å². The largest absolute Gasteiger partial charge is 0.575 e. The molecule has 0 aliphatic carbocycles. The van der Waals surface area contributed by atoms with Gasteiger partial charge in [0.1, 0.15) is 18.7 Å². The minimum atomic E-state index is -0.322. The quantitative estimate of drug-likeness (QED) is 0.0402. The Balaban J connectivity index is 2.79. The van der Waals surface area contributed by atoms with E-state index >= 15 is 0 Å². The molecule has 0 heterocycles. The highest BCUT2D eigenvalue weighted by Gasteiger charge is 2.34. The predicted octanol–water partition coefficient (Wildman–Crippen LogP) is 26.1. The van der Waals surface area contributed by atoms with Crippen molar-refractivity contribution in [2.75, 3.05) is 26.2 Å². The molecule has 1 amide bonds. The van der Waals surface area contributed by atoms with Gasteiger partial charge in [0.05, 0.1) is 5.56 Å². The molecule has 85 heavy (non-hydrogen) atoms. The molecular weight excluding hydrogens is 1040 g/mol. The molecule has 499 valence electrons. The number of hydrogen-bond donors (Lipinski definition) is 1. The molecule has 0 aromatic heterocycles. The Morgan fingerprint density at radius 2 is 0.482 bits per heavy atom. The maximum absolute atomic E-state index is 14.7. The summed E-state index contributed by atoms with van der Waals surface area (Å²) in [4.78, 5) is 37.7. The van der Waals surface area contributed by atoms with Crippen LogP contribution in [0.5, 0.6) is 0 Å². The van der Waals surface area contributed by atoms with Crippen LogP contribution in [0.15, 0.2) is 24.3 Å². The van der Waals surface area contributed by atoms with E-state index in [4.69, 9.17) is 4.84 Å². The van der Waals surface area contributed by atoms with E-state index in [1.807, 2.05) is 24.3 Å². The molecule has 0 unspecified atom stereocenters. The maximum Gasteiger partial charge on any atom is 0.575 e. The van der Waals surface area contributed by atoms with Crippen LogP contribution in [0.1, 0.15) is 459 Å². The van der Waals surface area contributed by atoms with Gasteiger partial charge in [0.2, 0.25) is 0 Å². The summed E-state index contributed by atoms with van der Waals surface area (Å²) in [5, 5.41) is 0.946. The van der Waals surface area contributed by atoms with Gasteiger partial charge in [-0.05, 0) is 37.8 Å². The van der Waals surface area contributed by atoms with Crippen LogP contribution in [0.3, 0.4) is 0 Å². The maximum atomic E-state index is 14.7. The van der Waals surface area contributed by atoms with Gasteiger partial charge in [0.25, 0.3) is 4.79 Å². The minimum absolute atomic E-state index is 0.0200. The van der Waals surface area contributed by atoms with Gasteiger partial charge in [-0.25, -0.2) is 4.79 Å². The number of nitrogens with zero attached hydrogens (tertiary/aromatic N) is 1. The fourth-order valence-electron chi connectivity index (χ4n) is 13.2. The van der Waals surface area contributed by atoms with Gasteiger partial charge in [0, 0.05) is 25.9 Å². The normalized spacial score (nSPS) is 11.6. The summed E-state index contributed by atoms with van der Waals surface area (Å²) < 4.78 is 0. The first-order valence-electron chi connectivity index (χ1n) is 39.5. The number of carbonyl (C=O) groups excluding carboxylic acids is 2.